The van der Waals surface area contributed by atoms with Crippen LogP contribution in [0.15, 0.2) is 18.2 Å². The predicted octanol–water partition coefficient (Wildman–Crippen LogP) is 3.07. The molecule has 1 aromatic rings. The van der Waals surface area contributed by atoms with Crippen molar-refractivity contribution in [2.24, 2.45) is 0 Å². The van der Waals surface area contributed by atoms with Crippen molar-refractivity contribution >= 4 is 34.2 Å². The smallest absolute Gasteiger partial charge is 0.237 e. The Balaban J connectivity index is 2.91. The average Bonchev–Trinajstić information content (AvgIpc) is 2.11. The normalized spacial score (nSPS) is 12.3. The Bertz CT molecular complexity index is 327. The van der Waals surface area contributed by atoms with Crippen LogP contribution < -0.4 is 5.32 Å². The van der Waals surface area contributed by atoms with Gasteiger partial charge in [-0.1, -0.05) is 40.8 Å². The second-order valence-electron chi connectivity index (χ2n) is 3.37. The minimum absolute atomic E-state index is 0.00777. The van der Waals surface area contributed by atoms with E-state index in [-0.39, 0.29) is 9.83 Å². The van der Waals surface area contributed by atoms with Crippen LogP contribution in [0.3, 0.4) is 0 Å². The van der Waals surface area contributed by atoms with Crippen LogP contribution in [0.5, 0.6) is 0 Å². The lowest BCUT2D eigenvalue weighted by molar-refractivity contribution is -0.115. The summed E-state index contributed by atoms with van der Waals surface area (Å²) in [5, 5.41) is 2.93. The minimum Gasteiger partial charge on any atom is -0.325 e. The molecular formula is C11H14INO. The zero-order chi connectivity index (χ0) is 10.7. The summed E-state index contributed by atoms with van der Waals surface area (Å²) in [6.07, 6.45) is 0. The number of rotatable bonds is 2. The molecule has 14 heavy (non-hydrogen) atoms. The van der Waals surface area contributed by atoms with Gasteiger partial charge in [0.05, 0.1) is 3.92 Å². The Morgan fingerprint density at radius 3 is 2.29 bits per heavy atom. The van der Waals surface area contributed by atoms with Crippen LogP contribution in [0.4, 0.5) is 5.69 Å². The number of alkyl halides is 1. The van der Waals surface area contributed by atoms with Crippen molar-refractivity contribution in [3.05, 3.63) is 29.3 Å². The van der Waals surface area contributed by atoms with Gasteiger partial charge in [-0.05, 0) is 31.9 Å². The van der Waals surface area contributed by atoms with Crippen molar-refractivity contribution in [2.45, 2.75) is 24.7 Å². The molecule has 0 aliphatic carbocycles. The van der Waals surface area contributed by atoms with Crippen molar-refractivity contribution in [1.29, 1.82) is 0 Å². The number of aryl methyl sites for hydroxylation is 2. The monoisotopic (exact) mass is 303 g/mol. The molecule has 76 valence electrons. The summed E-state index contributed by atoms with van der Waals surface area (Å²) in [5.74, 6) is 0.0583. The topological polar surface area (TPSA) is 29.1 Å². The minimum atomic E-state index is -0.00777. The van der Waals surface area contributed by atoms with Gasteiger partial charge >= 0.3 is 0 Å². The zero-order valence-electron chi connectivity index (χ0n) is 8.60. The van der Waals surface area contributed by atoms with Crippen molar-refractivity contribution in [2.75, 3.05) is 5.32 Å². The molecule has 0 fully saturated rings. The Labute approximate surface area is 98.2 Å². The van der Waals surface area contributed by atoms with Crippen molar-refractivity contribution in [1.82, 2.24) is 0 Å². The fourth-order valence-electron chi connectivity index (χ4n) is 1.23. The molecule has 2 nitrogen and oxygen atoms in total. The highest BCUT2D eigenvalue weighted by atomic mass is 127. The lowest BCUT2D eigenvalue weighted by Gasteiger charge is -2.12. The van der Waals surface area contributed by atoms with E-state index >= 15 is 0 Å². The molecule has 0 spiro atoms. The van der Waals surface area contributed by atoms with Crippen molar-refractivity contribution < 1.29 is 4.79 Å². The third kappa shape index (κ3) is 2.70. The Morgan fingerprint density at radius 1 is 1.36 bits per heavy atom. The first-order valence-corrected chi connectivity index (χ1v) is 5.78. The van der Waals surface area contributed by atoms with Gasteiger partial charge in [0.25, 0.3) is 0 Å². The first-order chi connectivity index (χ1) is 6.52. The number of anilines is 1. The summed E-state index contributed by atoms with van der Waals surface area (Å²) in [7, 11) is 0. The van der Waals surface area contributed by atoms with Crippen molar-refractivity contribution in [3.8, 4) is 0 Å². The van der Waals surface area contributed by atoms with Gasteiger partial charge < -0.3 is 5.32 Å². The molecule has 0 aromatic heterocycles. The molecule has 3 heteroatoms. The van der Waals surface area contributed by atoms with Crippen LogP contribution in [0.25, 0.3) is 0 Å². The van der Waals surface area contributed by atoms with E-state index in [0.717, 1.165) is 16.8 Å². The molecule has 1 N–H and O–H groups in total. The van der Waals surface area contributed by atoms with E-state index in [4.69, 9.17) is 0 Å². The van der Waals surface area contributed by atoms with E-state index in [2.05, 4.69) is 27.9 Å². The van der Waals surface area contributed by atoms with E-state index < -0.39 is 0 Å². The van der Waals surface area contributed by atoms with Gasteiger partial charge in [0.2, 0.25) is 5.91 Å². The van der Waals surface area contributed by atoms with Crippen molar-refractivity contribution in [3.63, 3.8) is 0 Å². The van der Waals surface area contributed by atoms with E-state index in [9.17, 15) is 4.79 Å². The number of amides is 1. The van der Waals surface area contributed by atoms with E-state index in [1.807, 2.05) is 39.0 Å². The Hall–Kier alpha value is -0.580. The van der Waals surface area contributed by atoms with Gasteiger partial charge in [0.15, 0.2) is 0 Å². The summed E-state index contributed by atoms with van der Waals surface area (Å²) < 4.78 is -0.00777. The summed E-state index contributed by atoms with van der Waals surface area (Å²) in [6, 6.07) is 5.99. The molecule has 0 aliphatic rings. The van der Waals surface area contributed by atoms with Gasteiger partial charge in [0, 0.05) is 5.69 Å². The maximum absolute atomic E-state index is 11.5. The van der Waals surface area contributed by atoms with Crippen LogP contribution in [-0.4, -0.2) is 9.83 Å². The standard InChI is InChI=1S/C11H14INO/c1-7-5-4-6-8(2)10(7)13-11(14)9(3)12/h4-6,9H,1-3H3,(H,13,14). The number of hydrogen-bond donors (Lipinski definition) is 1. The highest BCUT2D eigenvalue weighted by Crippen LogP contribution is 2.20. The summed E-state index contributed by atoms with van der Waals surface area (Å²) in [4.78, 5) is 11.5. The lowest BCUT2D eigenvalue weighted by atomic mass is 10.1. The molecule has 1 rings (SSSR count). The molecule has 1 atom stereocenters. The van der Waals surface area contributed by atoms with Gasteiger partial charge in [-0.15, -0.1) is 0 Å². The number of para-hydroxylation sites is 1. The molecule has 0 heterocycles. The Morgan fingerprint density at radius 2 is 1.86 bits per heavy atom. The second kappa shape index (κ2) is 4.77. The maximum Gasteiger partial charge on any atom is 0.237 e. The lowest BCUT2D eigenvalue weighted by Crippen LogP contribution is -2.20. The number of halogens is 1. The number of nitrogens with one attached hydrogen (secondary N) is 1. The van der Waals surface area contributed by atoms with Gasteiger partial charge in [-0.25, -0.2) is 0 Å². The van der Waals surface area contributed by atoms with Crippen LogP contribution >= 0.6 is 22.6 Å². The highest BCUT2D eigenvalue weighted by Gasteiger charge is 2.10. The van der Waals surface area contributed by atoms with Crippen LogP contribution in [0.2, 0.25) is 0 Å². The Kier molecular flexibility index (Phi) is 3.92. The van der Waals surface area contributed by atoms with Crippen LogP contribution in [0.1, 0.15) is 18.1 Å². The number of carbonyl (C=O) groups excluding carboxylic acids is 1. The first-order valence-electron chi connectivity index (χ1n) is 4.53. The largest absolute Gasteiger partial charge is 0.325 e. The molecule has 1 aromatic carbocycles. The third-order valence-corrected chi connectivity index (χ3v) is 2.66. The fraction of sp³-hybridized carbons (Fsp3) is 0.364. The average molecular weight is 303 g/mol. The van der Waals surface area contributed by atoms with Gasteiger partial charge in [-0.2, -0.15) is 0 Å². The number of carbonyl (C=O) groups is 1. The summed E-state index contributed by atoms with van der Waals surface area (Å²) >= 11 is 2.11. The quantitative estimate of drug-likeness (QED) is 0.660. The van der Waals surface area contributed by atoms with Gasteiger partial charge in [-0.3, -0.25) is 4.79 Å². The molecule has 0 aliphatic heterocycles. The SMILES string of the molecule is Cc1cccc(C)c1NC(=O)C(C)I. The second-order valence-corrected chi connectivity index (χ2v) is 5.24. The summed E-state index contributed by atoms with van der Waals surface area (Å²) in [6.45, 7) is 5.88. The molecule has 0 radical (unpaired) electrons. The van der Waals surface area contributed by atoms with Crippen LogP contribution in [0, 0.1) is 13.8 Å². The van der Waals surface area contributed by atoms with E-state index in [0.29, 0.717) is 0 Å². The molecule has 1 unspecified atom stereocenters. The third-order valence-electron chi connectivity index (χ3n) is 2.09. The van der Waals surface area contributed by atoms with Crippen LogP contribution in [-0.2, 0) is 4.79 Å². The fourth-order valence-corrected chi connectivity index (χ4v) is 1.39. The number of benzene rings is 1. The van der Waals surface area contributed by atoms with Gasteiger partial charge in [0.1, 0.15) is 0 Å². The first kappa shape index (κ1) is 11.5. The van der Waals surface area contributed by atoms with E-state index in [1.165, 1.54) is 0 Å². The molecular weight excluding hydrogens is 289 g/mol. The number of hydrogen-bond acceptors (Lipinski definition) is 1. The maximum atomic E-state index is 11.5. The summed E-state index contributed by atoms with van der Waals surface area (Å²) in [5.41, 5.74) is 3.16. The molecule has 1 amide bonds. The molecule has 0 saturated carbocycles. The molecule has 0 bridgehead atoms. The zero-order valence-corrected chi connectivity index (χ0v) is 10.8. The molecule has 0 saturated heterocycles. The van der Waals surface area contributed by atoms with E-state index in [1.54, 1.807) is 0 Å². The predicted molar refractivity (Wildman–Crippen MR) is 68.0 cm³/mol. The highest BCUT2D eigenvalue weighted by molar-refractivity contribution is 14.1.